The largest absolute Gasteiger partial charge is 0.419 e. The molecule has 0 spiro atoms. The highest BCUT2D eigenvalue weighted by atomic mass is 79.9. The Morgan fingerprint density at radius 2 is 1.92 bits per heavy atom. The Kier molecular flexibility index (Phi) is 3.34. The van der Waals surface area contributed by atoms with Crippen LogP contribution in [0.25, 0.3) is 0 Å². The van der Waals surface area contributed by atoms with Gasteiger partial charge in [-0.15, -0.1) is 0 Å². The number of nitrogens with zero attached hydrogens (tertiary/aromatic N) is 1. The van der Waals surface area contributed by atoms with Crippen LogP contribution in [-0.2, 0) is 11.5 Å². The highest BCUT2D eigenvalue weighted by Gasteiger charge is 2.33. The number of rotatable bonds is 1. The fourth-order valence-corrected chi connectivity index (χ4v) is 1.65. The van der Waals surface area contributed by atoms with Crippen molar-refractivity contribution in [3.8, 4) is 0 Å². The third-order valence-electron chi connectivity index (χ3n) is 1.35. The van der Waals surface area contributed by atoms with Gasteiger partial charge in [-0.1, -0.05) is 15.9 Å². The zero-order valence-electron chi connectivity index (χ0n) is 6.20. The van der Waals surface area contributed by atoms with E-state index >= 15 is 0 Å². The average molecular weight is 319 g/mol. The first-order valence-corrected chi connectivity index (χ1v) is 5.15. The summed E-state index contributed by atoms with van der Waals surface area (Å²) in [6, 6.07) is 2.34. The van der Waals surface area contributed by atoms with Gasteiger partial charge in [-0.2, -0.15) is 13.2 Å². The SMILES string of the molecule is FC(F)(F)c1ccc(CBr)nc1Br. The topological polar surface area (TPSA) is 12.9 Å². The highest BCUT2D eigenvalue weighted by Crippen LogP contribution is 2.33. The third-order valence-corrected chi connectivity index (χ3v) is 2.53. The summed E-state index contributed by atoms with van der Waals surface area (Å²) in [5.41, 5.74) is -0.197. The molecule has 0 saturated heterocycles. The zero-order chi connectivity index (χ0) is 10.1. The van der Waals surface area contributed by atoms with Crippen molar-refractivity contribution in [2.24, 2.45) is 0 Å². The van der Waals surface area contributed by atoms with Crippen LogP contribution in [0.3, 0.4) is 0 Å². The molecule has 0 aromatic carbocycles. The van der Waals surface area contributed by atoms with Crippen LogP contribution in [0.15, 0.2) is 16.7 Å². The minimum absolute atomic E-state index is 0.169. The fraction of sp³-hybridized carbons (Fsp3) is 0.286. The molecule has 72 valence electrons. The first-order chi connectivity index (χ1) is 5.95. The maximum Gasteiger partial charge on any atom is 0.419 e. The number of pyridine rings is 1. The van der Waals surface area contributed by atoms with E-state index in [2.05, 4.69) is 36.8 Å². The van der Waals surface area contributed by atoms with Gasteiger partial charge >= 0.3 is 6.18 Å². The molecule has 1 nitrogen and oxygen atoms in total. The maximum atomic E-state index is 12.2. The Labute approximate surface area is 89.6 Å². The Balaban J connectivity index is 3.13. The molecule has 0 unspecified atom stereocenters. The summed E-state index contributed by atoms with van der Waals surface area (Å²) in [6.45, 7) is 0. The van der Waals surface area contributed by atoms with Crippen LogP contribution < -0.4 is 0 Å². The third kappa shape index (κ3) is 2.67. The van der Waals surface area contributed by atoms with Gasteiger partial charge < -0.3 is 0 Å². The molecule has 0 atom stereocenters. The summed E-state index contributed by atoms with van der Waals surface area (Å²) in [5, 5.41) is 0.434. The van der Waals surface area contributed by atoms with Crippen LogP contribution >= 0.6 is 31.9 Å². The van der Waals surface area contributed by atoms with Gasteiger partial charge in [0, 0.05) is 5.33 Å². The van der Waals surface area contributed by atoms with Crippen molar-refractivity contribution in [3.05, 3.63) is 28.0 Å². The summed E-state index contributed by atoms with van der Waals surface area (Å²) in [4.78, 5) is 3.71. The summed E-state index contributed by atoms with van der Waals surface area (Å²) >= 11 is 5.87. The van der Waals surface area contributed by atoms with Crippen molar-refractivity contribution >= 4 is 31.9 Å². The van der Waals surface area contributed by atoms with Gasteiger partial charge in [0.1, 0.15) is 4.60 Å². The van der Waals surface area contributed by atoms with Gasteiger partial charge in [-0.25, -0.2) is 4.98 Å². The van der Waals surface area contributed by atoms with E-state index in [1.54, 1.807) is 0 Å². The lowest BCUT2D eigenvalue weighted by Gasteiger charge is -2.08. The van der Waals surface area contributed by atoms with Crippen molar-refractivity contribution in [2.45, 2.75) is 11.5 Å². The second kappa shape index (κ2) is 3.96. The predicted molar refractivity (Wildman–Crippen MR) is 49.6 cm³/mol. The van der Waals surface area contributed by atoms with Crippen LogP contribution in [0.4, 0.5) is 13.2 Å². The van der Waals surface area contributed by atoms with Crippen molar-refractivity contribution in [1.82, 2.24) is 4.98 Å². The van der Waals surface area contributed by atoms with Crippen LogP contribution in [0.1, 0.15) is 11.3 Å². The minimum atomic E-state index is -4.35. The number of alkyl halides is 4. The van der Waals surface area contributed by atoms with Gasteiger partial charge in [0.05, 0.1) is 11.3 Å². The molecule has 1 rings (SSSR count). The van der Waals surface area contributed by atoms with Crippen molar-refractivity contribution in [1.29, 1.82) is 0 Å². The molecule has 1 aromatic rings. The molecule has 0 N–H and O–H groups in total. The smallest absolute Gasteiger partial charge is 0.244 e. The van der Waals surface area contributed by atoms with E-state index in [9.17, 15) is 13.2 Å². The van der Waals surface area contributed by atoms with Gasteiger partial charge in [-0.3, -0.25) is 0 Å². The fourth-order valence-electron chi connectivity index (χ4n) is 0.758. The molecular formula is C7H4Br2F3N. The Morgan fingerprint density at radius 3 is 2.31 bits per heavy atom. The van der Waals surface area contributed by atoms with Crippen LogP contribution in [0, 0.1) is 0 Å². The average Bonchev–Trinajstić information content (AvgIpc) is 2.01. The first-order valence-electron chi connectivity index (χ1n) is 3.23. The molecule has 0 saturated carbocycles. The summed E-state index contributed by atoms with van der Waals surface area (Å²) in [7, 11) is 0. The summed E-state index contributed by atoms with van der Waals surface area (Å²) in [5.74, 6) is 0. The van der Waals surface area contributed by atoms with Crippen LogP contribution in [0.2, 0.25) is 0 Å². The van der Waals surface area contributed by atoms with E-state index in [1.165, 1.54) is 6.07 Å². The monoisotopic (exact) mass is 317 g/mol. The molecule has 0 bridgehead atoms. The zero-order valence-corrected chi connectivity index (χ0v) is 9.37. The maximum absolute atomic E-state index is 12.2. The van der Waals surface area contributed by atoms with Gasteiger partial charge in [0.2, 0.25) is 0 Å². The molecule has 0 aliphatic heterocycles. The Bertz CT molecular complexity index is 311. The molecule has 1 aromatic heterocycles. The van der Waals surface area contributed by atoms with Crippen molar-refractivity contribution in [3.63, 3.8) is 0 Å². The highest BCUT2D eigenvalue weighted by molar-refractivity contribution is 9.10. The normalized spacial score (nSPS) is 11.8. The van der Waals surface area contributed by atoms with E-state index in [0.717, 1.165) is 6.07 Å². The quantitative estimate of drug-likeness (QED) is 0.567. The molecule has 0 aliphatic carbocycles. The second-order valence-corrected chi connectivity index (χ2v) is 3.58. The molecule has 0 fully saturated rings. The number of hydrogen-bond acceptors (Lipinski definition) is 1. The van der Waals surface area contributed by atoms with Crippen LogP contribution in [-0.4, -0.2) is 4.98 Å². The molecule has 0 amide bonds. The van der Waals surface area contributed by atoms with Gasteiger partial charge in [0.15, 0.2) is 0 Å². The second-order valence-electron chi connectivity index (χ2n) is 2.27. The number of aromatic nitrogens is 1. The van der Waals surface area contributed by atoms with E-state index in [1.807, 2.05) is 0 Å². The molecule has 6 heteroatoms. The lowest BCUT2D eigenvalue weighted by atomic mass is 10.2. The minimum Gasteiger partial charge on any atom is -0.244 e. The Morgan fingerprint density at radius 1 is 1.31 bits per heavy atom. The summed E-state index contributed by atoms with van der Waals surface area (Å²) < 4.78 is 36.4. The summed E-state index contributed by atoms with van der Waals surface area (Å²) in [6.07, 6.45) is -4.35. The van der Waals surface area contributed by atoms with E-state index in [0.29, 0.717) is 11.0 Å². The van der Waals surface area contributed by atoms with E-state index in [4.69, 9.17) is 0 Å². The predicted octanol–water partition coefficient (Wildman–Crippen LogP) is 3.76. The number of hydrogen-bond donors (Lipinski definition) is 0. The van der Waals surface area contributed by atoms with Gasteiger partial charge in [0.25, 0.3) is 0 Å². The Hall–Kier alpha value is -0.100. The number of halogens is 5. The lowest BCUT2D eigenvalue weighted by molar-refractivity contribution is -0.138. The standard InChI is InChI=1S/C7H4Br2F3N/c8-3-4-1-2-5(6(9)13-4)7(10,11)12/h1-2H,3H2. The van der Waals surface area contributed by atoms with E-state index < -0.39 is 11.7 Å². The molecule has 1 heterocycles. The first kappa shape index (κ1) is 11.0. The molecular weight excluding hydrogens is 315 g/mol. The van der Waals surface area contributed by atoms with Crippen molar-refractivity contribution in [2.75, 3.05) is 0 Å². The van der Waals surface area contributed by atoms with Crippen LogP contribution in [0.5, 0.6) is 0 Å². The van der Waals surface area contributed by atoms with E-state index in [-0.39, 0.29) is 4.60 Å². The molecule has 0 radical (unpaired) electrons. The molecule has 0 aliphatic rings. The lowest BCUT2D eigenvalue weighted by Crippen LogP contribution is -2.07. The molecule has 13 heavy (non-hydrogen) atoms. The van der Waals surface area contributed by atoms with Gasteiger partial charge in [-0.05, 0) is 28.1 Å². The van der Waals surface area contributed by atoms with Crippen molar-refractivity contribution < 1.29 is 13.2 Å².